The van der Waals surface area contributed by atoms with E-state index in [1.54, 1.807) is 90.7 Å². The molecule has 4 aliphatic rings. The van der Waals surface area contributed by atoms with Gasteiger partial charge in [0.05, 0.1) is 74.6 Å². The Morgan fingerprint density at radius 2 is 0.767 bits per heavy atom. The number of fused-ring (bicyclic) bond motifs is 4. The van der Waals surface area contributed by atoms with Crippen molar-refractivity contribution in [3.8, 4) is 0 Å². The lowest BCUT2D eigenvalue weighted by Gasteiger charge is -2.12. The molecule has 0 aliphatic carbocycles. The van der Waals surface area contributed by atoms with Gasteiger partial charge in [-0.3, -0.25) is 42.4 Å². The van der Waals surface area contributed by atoms with Crippen LogP contribution in [0.2, 0.25) is 15.1 Å². The van der Waals surface area contributed by atoms with Gasteiger partial charge in [-0.2, -0.15) is 13.7 Å². The van der Waals surface area contributed by atoms with Gasteiger partial charge in [0, 0.05) is 113 Å². The minimum Gasteiger partial charge on any atom is -1.00 e. The summed E-state index contributed by atoms with van der Waals surface area (Å²) in [4.78, 5) is 76.6. The monoisotopic (exact) mass is 2030 g/mol. The zero-order chi connectivity index (χ0) is 88.1. The van der Waals surface area contributed by atoms with Gasteiger partial charge in [0.2, 0.25) is 0 Å². The van der Waals surface area contributed by atoms with E-state index in [0.29, 0.717) is 64.7 Å². The molecule has 36 heteroatoms. The maximum absolute atomic E-state index is 13.7. The minimum atomic E-state index is -0.275. The molecule has 19 rings (SSSR count). The maximum atomic E-state index is 13.7. The molecule has 129 heavy (non-hydrogen) atoms. The third-order valence-electron chi connectivity index (χ3n) is 20.8. The zero-order valence-corrected chi connectivity index (χ0v) is 83.5. The topological polar surface area (TPSA) is 134 Å². The molecule has 0 saturated heterocycles. The first-order valence-corrected chi connectivity index (χ1v) is 49.9. The zero-order valence-electron chi connectivity index (χ0n) is 70.0. The molecule has 7 aromatic carbocycles. The lowest BCUT2D eigenvalue weighted by molar-refractivity contribution is -0.685. The molecule has 15 aromatic rings. The van der Waals surface area contributed by atoms with Crippen LogP contribution in [0.1, 0.15) is 65.1 Å². The molecular formula is C93H77Cl6FN14O4S11. The van der Waals surface area contributed by atoms with Crippen LogP contribution in [0.5, 0.6) is 0 Å². The molecule has 12 heterocycles. The second-order valence-corrected chi connectivity index (χ2v) is 40.8. The van der Waals surface area contributed by atoms with Crippen molar-refractivity contribution in [2.75, 3.05) is 47.8 Å². The fourth-order valence-corrected chi connectivity index (χ4v) is 27.4. The predicted molar refractivity (Wildman–Crippen MR) is 527 cm³/mol. The Morgan fingerprint density at radius 1 is 0.403 bits per heavy atom. The number of thiazole rings is 7. The van der Waals surface area contributed by atoms with Crippen LogP contribution in [-0.4, -0.2) is 51.4 Å². The van der Waals surface area contributed by atoms with Gasteiger partial charge >= 0.3 is 0 Å². The molecule has 0 saturated carbocycles. The van der Waals surface area contributed by atoms with E-state index in [4.69, 9.17) is 47.9 Å². The number of rotatable bonds is 14. The summed E-state index contributed by atoms with van der Waals surface area (Å²) in [5.74, 6) is -0.275. The Hall–Kier alpha value is -9.49. The number of anilines is 4. The van der Waals surface area contributed by atoms with E-state index < -0.39 is 0 Å². The molecule has 0 N–H and O–H groups in total. The normalized spacial score (nSPS) is 15.0. The van der Waals surface area contributed by atoms with Crippen molar-refractivity contribution < 1.29 is 55.3 Å². The predicted octanol–water partition coefficient (Wildman–Crippen LogP) is 7.06. The molecule has 0 radical (unpaired) electrons. The average molecular weight is 2040 g/mol. The fourth-order valence-electron chi connectivity index (χ4n) is 14.3. The van der Waals surface area contributed by atoms with Crippen LogP contribution in [0, 0.1) is 19.0 Å². The third-order valence-corrected chi connectivity index (χ3v) is 34.2. The van der Waals surface area contributed by atoms with Gasteiger partial charge in [-0.05, 0) is 107 Å². The van der Waals surface area contributed by atoms with E-state index in [2.05, 4.69) is 98.9 Å². The summed E-state index contributed by atoms with van der Waals surface area (Å²) in [5.41, 5.74) is 9.36. The van der Waals surface area contributed by atoms with Gasteiger partial charge in [0.25, 0.3) is 37.3 Å². The van der Waals surface area contributed by atoms with Crippen LogP contribution in [0.4, 0.5) is 38.5 Å². The van der Waals surface area contributed by atoms with Gasteiger partial charge in [-0.25, -0.2) is 14.1 Å². The third kappa shape index (κ3) is 20.7. The van der Waals surface area contributed by atoms with E-state index in [1.807, 2.05) is 225 Å². The van der Waals surface area contributed by atoms with E-state index >= 15 is 0 Å². The lowest BCUT2D eigenvalue weighted by atomic mass is 10.2. The summed E-state index contributed by atoms with van der Waals surface area (Å²) in [6, 6.07) is 53.7. The number of halogens is 7. The molecule has 0 atom stereocenters. The van der Waals surface area contributed by atoms with Crippen molar-refractivity contribution in [2.45, 2.75) is 93.1 Å². The van der Waals surface area contributed by atoms with Gasteiger partial charge < -0.3 is 56.8 Å². The molecule has 0 bridgehead atoms. The van der Waals surface area contributed by atoms with Gasteiger partial charge in [-0.15, -0.1) is 45.3 Å². The summed E-state index contributed by atoms with van der Waals surface area (Å²) >= 11 is 36.1. The summed E-state index contributed by atoms with van der Waals surface area (Å²) in [6.07, 6.45) is 16.2. The Morgan fingerprint density at radius 3 is 1.16 bits per heavy atom. The molecule has 0 unspecified atom stereocenters. The van der Waals surface area contributed by atoms with Crippen molar-refractivity contribution in [1.29, 1.82) is 0 Å². The molecule has 658 valence electrons. The first-order chi connectivity index (χ1) is 61.1. The first-order valence-electron chi connectivity index (χ1n) is 39.6. The number of thioether (sulfide) groups is 4. The van der Waals surface area contributed by atoms with Crippen molar-refractivity contribution in [2.24, 2.45) is 0 Å². The Balaban J connectivity index is 0.000000146. The lowest BCUT2D eigenvalue weighted by Crippen LogP contribution is -3.00. The van der Waals surface area contributed by atoms with Crippen molar-refractivity contribution >= 4 is 240 Å². The highest BCUT2D eigenvalue weighted by atomic mass is 35.5. The van der Waals surface area contributed by atoms with E-state index in [-0.39, 0.29) is 65.3 Å². The minimum absolute atomic E-state index is 0. The van der Waals surface area contributed by atoms with Crippen LogP contribution in [0.15, 0.2) is 250 Å². The quantitative estimate of drug-likeness (QED) is 0.0814. The van der Waals surface area contributed by atoms with Crippen molar-refractivity contribution in [1.82, 2.24) is 23.3 Å². The van der Waals surface area contributed by atoms with Crippen molar-refractivity contribution in [3.63, 3.8) is 0 Å². The van der Waals surface area contributed by atoms with Crippen LogP contribution < -0.4 is 130 Å². The van der Waals surface area contributed by atoms with E-state index in [0.717, 1.165) is 139 Å². The molecule has 0 fully saturated rings. The standard InChI is InChI=1S/C25H21N4OS3.C24H20Cl2N3OS3.C24H20ClFN3OS3.C20H16N4OS2.3ClH/c1-4-29-22(15-21-28(12-13-31-21)16-17-8-6-5-7-9-17)33-23(24(29)30)25-27(3)19-14-18(26-2)10-11-20(19)32-25;1-3-29-21(13-20-28(10-11-31-20)14-15-6-4-5-7-17(15)26)33-22(23(29)30)24-27(2)18-9-8-16(25)12-19(18)32-24;1-3-29-21(13-20-28(10-11-31-20)14-15-6-4-5-7-17(15)25)33-22(23(29)30)24-27(2)18-9-8-16(26)12-19(18)32-24;1-4-24-17(12-14-7-5-6-10-22-14)27-18(19(24)25)20-23(3)15-11-13(21-2)8-9-16(15)26-20;;;/h5-15H,4,16H2,1,3H3;2*4-13H,3,14H2,1-2H3;5-12H,4H2,1,3H3;3*1H/q3*+1;;;;/p-3/b25-23+;2*24-22+;17-12-,20-18+;;;. The van der Waals surface area contributed by atoms with Crippen molar-refractivity contribution in [3.05, 3.63) is 370 Å². The molecule has 0 spiro atoms. The average Bonchev–Trinajstić information content (AvgIpc) is 1.63. The number of aromatic nitrogens is 8. The first kappa shape index (κ1) is 97.1. The summed E-state index contributed by atoms with van der Waals surface area (Å²) in [7, 11) is 7.83. The summed E-state index contributed by atoms with van der Waals surface area (Å²) < 4.78 is 34.0. The fraction of sp³-hybridized carbons (Fsp3) is 0.161. The largest absolute Gasteiger partial charge is 1.00 e. The van der Waals surface area contributed by atoms with Gasteiger partial charge in [0.1, 0.15) is 62.7 Å². The molecule has 4 aliphatic heterocycles. The molecular weight excluding hydrogens is 1960 g/mol. The Kier molecular flexibility index (Phi) is 32.5. The van der Waals surface area contributed by atoms with E-state index in [9.17, 15) is 23.6 Å². The summed E-state index contributed by atoms with van der Waals surface area (Å²) in [6.45, 7) is 27.0. The van der Waals surface area contributed by atoms with E-state index in [1.165, 1.54) is 74.8 Å². The highest BCUT2D eigenvalue weighted by Gasteiger charge is 2.31. The highest BCUT2D eigenvalue weighted by Crippen LogP contribution is 2.50. The van der Waals surface area contributed by atoms with Gasteiger partial charge in [0.15, 0.2) is 49.6 Å². The van der Waals surface area contributed by atoms with Crippen LogP contribution >= 0.6 is 161 Å². The van der Waals surface area contributed by atoms with Crippen LogP contribution in [-0.2, 0) is 45.8 Å². The number of hydrogen-bond donors (Lipinski definition) is 0. The number of hydrogen-bond acceptors (Lipinski definition) is 20. The maximum Gasteiger partial charge on any atom is 0.271 e. The highest BCUT2D eigenvalue weighted by molar-refractivity contribution is 8.09. The molecule has 18 nitrogen and oxygen atoms in total. The smallest absolute Gasteiger partial charge is 0.271 e. The Labute approximate surface area is 820 Å². The second kappa shape index (κ2) is 43.3. The van der Waals surface area contributed by atoms with Crippen LogP contribution in [0.3, 0.4) is 0 Å². The number of pyridine rings is 1. The second-order valence-electron chi connectivity index (χ2n) is 28.5. The molecule has 0 amide bonds. The SMILES string of the molecule is CCn1c(=O)/c(=C2\Sc3cc(Cl)ccc3N2C)s/c1=C\c1scc[n+]1Cc1ccccc1Cl.CCn1c(=O)/c(=C2\Sc3cc(F)ccc3N2C)s/c1=C\c1scc[n+]1Cc1ccccc1Cl.[C-]#[N+]c1ccc2c(c1)N(C)/C(=c1\s/c(=C\c3ccccn3)n(CC)c1=O)S2.[C-]#[N+]c1ccc2c(c1)N(C)/C(=c1\s/c(=C\c3scc[n+]3Cc3ccccc3)n(CC)c1=O)S2.[Cl-].[Cl-].[Cl-]. The van der Waals surface area contributed by atoms with Crippen LogP contribution in [0.25, 0.3) is 54.1 Å². The summed E-state index contributed by atoms with van der Waals surface area (Å²) in [5, 5.41) is 15.2. The molecule has 8 aromatic heterocycles. The van der Waals surface area contributed by atoms with Gasteiger partial charge in [-0.1, -0.05) is 213 Å². The Bertz CT molecular complexity index is 7450. The number of benzene rings is 7. The number of nitrogens with zero attached hydrogens (tertiary/aromatic N) is 14.